The number of nitrogens with one attached hydrogen (secondary N) is 1. The van der Waals surface area contributed by atoms with Crippen LogP contribution in [0, 0.1) is 11.3 Å². The first-order valence-corrected chi connectivity index (χ1v) is 5.17. The van der Waals surface area contributed by atoms with Crippen LogP contribution in [0.25, 0.3) is 0 Å². The van der Waals surface area contributed by atoms with E-state index in [2.05, 4.69) is 10.3 Å². The van der Waals surface area contributed by atoms with Crippen LogP contribution >= 0.6 is 0 Å². The summed E-state index contributed by atoms with van der Waals surface area (Å²) in [6.45, 7) is 0.402. The van der Waals surface area contributed by atoms with Crippen molar-refractivity contribution in [3.8, 4) is 11.8 Å². The third kappa shape index (κ3) is 4.95. The largest absolute Gasteiger partial charge is 0.482 e. The highest BCUT2D eigenvalue weighted by Crippen LogP contribution is 2.08. The van der Waals surface area contributed by atoms with Crippen molar-refractivity contribution in [1.82, 2.24) is 10.3 Å². The summed E-state index contributed by atoms with van der Waals surface area (Å²) in [7, 11) is 0. The van der Waals surface area contributed by atoms with Gasteiger partial charge in [-0.25, -0.2) is 0 Å². The molecule has 0 aliphatic carbocycles. The second kappa shape index (κ2) is 7.19. The normalized spacial score (nSPS) is 9.41. The quantitative estimate of drug-likeness (QED) is 0.652. The maximum atomic E-state index is 11.1. The summed E-state index contributed by atoms with van der Waals surface area (Å²) >= 11 is 0. The molecule has 1 amide bonds. The smallest absolute Gasteiger partial charge is 0.258 e. The Morgan fingerprint density at radius 2 is 2.41 bits per heavy atom. The Morgan fingerprint density at radius 1 is 1.59 bits per heavy atom. The number of nitrogens with zero attached hydrogens (tertiary/aromatic N) is 2. The molecule has 17 heavy (non-hydrogen) atoms. The van der Waals surface area contributed by atoms with Gasteiger partial charge in [0, 0.05) is 12.1 Å². The van der Waals surface area contributed by atoms with Crippen LogP contribution in [0.15, 0.2) is 18.3 Å². The van der Waals surface area contributed by atoms with Gasteiger partial charge in [-0.1, -0.05) is 0 Å². The van der Waals surface area contributed by atoms with Crippen molar-refractivity contribution in [3.63, 3.8) is 0 Å². The van der Waals surface area contributed by atoms with E-state index in [0.717, 1.165) is 5.69 Å². The number of nitrogens with two attached hydrogens (primary N) is 1. The molecule has 0 aliphatic rings. The Labute approximate surface area is 99.4 Å². The highest BCUT2D eigenvalue weighted by molar-refractivity contribution is 5.77. The number of carbonyl (C=O) groups excluding carboxylic acids is 1. The summed E-state index contributed by atoms with van der Waals surface area (Å²) in [5.74, 6) is 0.176. The lowest BCUT2D eigenvalue weighted by Crippen LogP contribution is -2.29. The van der Waals surface area contributed by atoms with E-state index in [9.17, 15) is 4.79 Å². The van der Waals surface area contributed by atoms with E-state index in [1.54, 1.807) is 24.4 Å². The molecule has 6 nitrogen and oxygen atoms in total. The molecular weight excluding hydrogens is 220 g/mol. The number of pyridine rings is 1. The van der Waals surface area contributed by atoms with Gasteiger partial charge in [-0.15, -0.1) is 0 Å². The fraction of sp³-hybridized carbons (Fsp3) is 0.364. The van der Waals surface area contributed by atoms with Gasteiger partial charge in [0.05, 0.1) is 12.3 Å². The van der Waals surface area contributed by atoms with Crippen molar-refractivity contribution in [1.29, 1.82) is 5.26 Å². The van der Waals surface area contributed by atoms with Gasteiger partial charge < -0.3 is 15.8 Å². The van der Waals surface area contributed by atoms with Gasteiger partial charge in [-0.2, -0.15) is 5.26 Å². The standard InChI is InChI=1S/C11H14N4O2/c12-4-3-9-1-2-10(7-15-9)17-8-11(16)14-6-5-13/h1-2,7H,3-4,6,8,12H2,(H,14,16). The van der Waals surface area contributed by atoms with Crippen LogP contribution in [0.3, 0.4) is 0 Å². The molecule has 0 spiro atoms. The third-order valence-corrected chi connectivity index (χ3v) is 1.93. The zero-order valence-electron chi connectivity index (χ0n) is 9.35. The summed E-state index contributed by atoms with van der Waals surface area (Å²) in [5, 5.41) is 10.6. The van der Waals surface area contributed by atoms with Crippen molar-refractivity contribution in [2.24, 2.45) is 5.73 Å². The second-order valence-electron chi connectivity index (χ2n) is 3.25. The summed E-state index contributed by atoms with van der Waals surface area (Å²) in [6.07, 6.45) is 2.26. The first-order valence-electron chi connectivity index (χ1n) is 5.17. The molecular formula is C11H14N4O2. The molecule has 0 radical (unpaired) electrons. The van der Waals surface area contributed by atoms with Gasteiger partial charge >= 0.3 is 0 Å². The molecule has 3 N–H and O–H groups in total. The lowest BCUT2D eigenvalue weighted by atomic mass is 10.3. The molecule has 1 aromatic heterocycles. The number of rotatable bonds is 6. The molecule has 6 heteroatoms. The van der Waals surface area contributed by atoms with E-state index >= 15 is 0 Å². The number of aromatic nitrogens is 1. The molecule has 0 unspecified atom stereocenters. The van der Waals surface area contributed by atoms with Crippen LogP contribution in [0.1, 0.15) is 5.69 Å². The van der Waals surface area contributed by atoms with Gasteiger partial charge in [0.2, 0.25) is 0 Å². The summed E-state index contributed by atoms with van der Waals surface area (Å²) in [5.41, 5.74) is 6.28. The highest BCUT2D eigenvalue weighted by Gasteiger charge is 2.02. The Kier molecular flexibility index (Phi) is 5.47. The fourth-order valence-electron chi connectivity index (χ4n) is 1.13. The SMILES string of the molecule is N#CCNC(=O)COc1ccc(CCN)nc1. The number of amides is 1. The zero-order chi connectivity index (χ0) is 12.5. The molecule has 0 atom stereocenters. The number of hydrogen-bond acceptors (Lipinski definition) is 5. The lowest BCUT2D eigenvalue weighted by molar-refractivity contribution is -0.122. The Morgan fingerprint density at radius 3 is 3.00 bits per heavy atom. The average molecular weight is 234 g/mol. The number of hydrogen-bond donors (Lipinski definition) is 2. The van der Waals surface area contributed by atoms with Crippen LogP contribution in [0.4, 0.5) is 0 Å². The lowest BCUT2D eigenvalue weighted by Gasteiger charge is -2.05. The molecule has 0 fully saturated rings. The van der Waals surface area contributed by atoms with Crippen molar-refractivity contribution in [3.05, 3.63) is 24.0 Å². The van der Waals surface area contributed by atoms with Crippen LogP contribution < -0.4 is 15.8 Å². The molecule has 1 rings (SSSR count). The number of carbonyl (C=O) groups is 1. The minimum Gasteiger partial charge on any atom is -0.482 e. The minimum absolute atomic E-state index is 0.0180. The van der Waals surface area contributed by atoms with Gasteiger partial charge in [0.15, 0.2) is 6.61 Å². The molecule has 0 aliphatic heterocycles. The topological polar surface area (TPSA) is 101 Å². The first-order chi connectivity index (χ1) is 8.26. The molecule has 1 heterocycles. The molecule has 0 bridgehead atoms. The number of ether oxygens (including phenoxy) is 1. The fourth-order valence-corrected chi connectivity index (χ4v) is 1.13. The van der Waals surface area contributed by atoms with E-state index in [-0.39, 0.29) is 19.1 Å². The van der Waals surface area contributed by atoms with Crippen LogP contribution in [0.5, 0.6) is 5.75 Å². The van der Waals surface area contributed by atoms with Gasteiger partial charge in [-0.05, 0) is 18.7 Å². The van der Waals surface area contributed by atoms with Crippen LogP contribution in [0.2, 0.25) is 0 Å². The van der Waals surface area contributed by atoms with E-state index in [1.165, 1.54) is 0 Å². The summed E-state index contributed by atoms with van der Waals surface area (Å²) < 4.78 is 5.18. The van der Waals surface area contributed by atoms with Gasteiger partial charge in [0.1, 0.15) is 12.3 Å². The van der Waals surface area contributed by atoms with Crippen molar-refractivity contribution in [2.45, 2.75) is 6.42 Å². The van der Waals surface area contributed by atoms with Gasteiger partial charge in [-0.3, -0.25) is 9.78 Å². The monoisotopic (exact) mass is 234 g/mol. The zero-order valence-corrected chi connectivity index (χ0v) is 9.35. The summed E-state index contributed by atoms with van der Waals surface area (Å²) in [6, 6.07) is 5.34. The predicted molar refractivity (Wildman–Crippen MR) is 61.1 cm³/mol. The Hall–Kier alpha value is -2.13. The number of nitriles is 1. The average Bonchev–Trinajstić information content (AvgIpc) is 2.36. The Bertz CT molecular complexity index is 397. The highest BCUT2D eigenvalue weighted by atomic mass is 16.5. The Balaban J connectivity index is 2.37. The van der Waals surface area contributed by atoms with E-state index in [1.807, 2.05) is 0 Å². The molecule has 0 saturated heterocycles. The molecule has 90 valence electrons. The second-order valence-corrected chi connectivity index (χ2v) is 3.25. The predicted octanol–water partition coefficient (Wildman–Crippen LogP) is -0.399. The molecule has 0 saturated carbocycles. The van der Waals surface area contributed by atoms with Crippen LogP contribution in [-0.4, -0.2) is 30.6 Å². The third-order valence-electron chi connectivity index (χ3n) is 1.93. The summed E-state index contributed by atoms with van der Waals surface area (Å²) in [4.78, 5) is 15.2. The maximum Gasteiger partial charge on any atom is 0.258 e. The van der Waals surface area contributed by atoms with E-state index in [0.29, 0.717) is 18.7 Å². The van der Waals surface area contributed by atoms with Crippen molar-refractivity contribution in [2.75, 3.05) is 19.7 Å². The maximum absolute atomic E-state index is 11.1. The van der Waals surface area contributed by atoms with Crippen LogP contribution in [-0.2, 0) is 11.2 Å². The van der Waals surface area contributed by atoms with Gasteiger partial charge in [0.25, 0.3) is 5.91 Å². The van der Waals surface area contributed by atoms with Crippen molar-refractivity contribution < 1.29 is 9.53 Å². The first kappa shape index (κ1) is 12.9. The van der Waals surface area contributed by atoms with E-state index in [4.69, 9.17) is 15.7 Å². The molecule has 1 aromatic rings. The van der Waals surface area contributed by atoms with Crippen molar-refractivity contribution >= 4 is 5.91 Å². The van der Waals surface area contributed by atoms with E-state index < -0.39 is 0 Å². The minimum atomic E-state index is -0.336. The molecule has 0 aromatic carbocycles.